The van der Waals surface area contributed by atoms with Crippen LogP contribution in [0.5, 0.6) is 0 Å². The van der Waals surface area contributed by atoms with E-state index in [4.69, 9.17) is 0 Å². The Labute approximate surface area is 105 Å². The van der Waals surface area contributed by atoms with Crippen molar-refractivity contribution in [2.45, 2.75) is 76.1 Å². The fraction of sp³-hybridized carbons (Fsp3) is 1.00. The van der Waals surface area contributed by atoms with E-state index in [2.05, 4.69) is 30.9 Å². The lowest BCUT2D eigenvalue weighted by atomic mass is 10.1. The molecule has 0 aromatic rings. The highest BCUT2D eigenvalue weighted by atomic mass is 32.2. The average molecular weight is 241 g/mol. The van der Waals surface area contributed by atoms with Gasteiger partial charge in [-0.3, -0.25) is 0 Å². The lowest BCUT2D eigenvalue weighted by molar-refractivity contribution is 0.375. The third-order valence-electron chi connectivity index (χ3n) is 4.03. The lowest BCUT2D eigenvalue weighted by Crippen LogP contribution is -2.38. The van der Waals surface area contributed by atoms with Crippen LogP contribution in [0.2, 0.25) is 0 Å². The van der Waals surface area contributed by atoms with Gasteiger partial charge < -0.3 is 5.32 Å². The standard InChI is InChI=1S/C14H27NS/c1-3-5-14(11-6-7-11)15-12-8-9-13(10-12)16-4-2/h11-15H,3-10H2,1-2H3. The fourth-order valence-electron chi connectivity index (χ4n) is 3.05. The molecule has 0 aromatic heterocycles. The minimum Gasteiger partial charge on any atom is -0.311 e. The SMILES string of the molecule is CCCC(NC1CCC(SCC)C1)C1CC1. The zero-order valence-corrected chi connectivity index (χ0v) is 11.7. The lowest BCUT2D eigenvalue weighted by Gasteiger charge is -2.22. The smallest absolute Gasteiger partial charge is 0.00978 e. The zero-order chi connectivity index (χ0) is 11.4. The Bertz CT molecular complexity index is 203. The van der Waals surface area contributed by atoms with Crippen LogP contribution in [-0.4, -0.2) is 23.1 Å². The molecule has 2 heteroatoms. The maximum atomic E-state index is 3.95. The molecule has 2 aliphatic rings. The van der Waals surface area contributed by atoms with Gasteiger partial charge in [0.25, 0.3) is 0 Å². The maximum absolute atomic E-state index is 3.95. The molecule has 0 amide bonds. The quantitative estimate of drug-likeness (QED) is 0.727. The van der Waals surface area contributed by atoms with Gasteiger partial charge in [0.1, 0.15) is 0 Å². The molecular formula is C14H27NS. The van der Waals surface area contributed by atoms with E-state index in [0.29, 0.717) is 0 Å². The average Bonchev–Trinajstić information content (AvgIpc) is 3.02. The Hall–Kier alpha value is 0.310. The Morgan fingerprint density at radius 1 is 1.19 bits per heavy atom. The largest absolute Gasteiger partial charge is 0.311 e. The monoisotopic (exact) mass is 241 g/mol. The first-order valence-corrected chi connectivity index (χ1v) is 8.26. The molecule has 2 aliphatic carbocycles. The highest BCUT2D eigenvalue weighted by Gasteiger charge is 2.33. The molecule has 1 nitrogen and oxygen atoms in total. The van der Waals surface area contributed by atoms with E-state index in [1.165, 1.54) is 50.7 Å². The highest BCUT2D eigenvalue weighted by Crippen LogP contribution is 2.36. The summed E-state index contributed by atoms with van der Waals surface area (Å²) >= 11 is 2.17. The predicted octanol–water partition coefficient (Wildman–Crippen LogP) is 3.83. The Balaban J connectivity index is 1.71. The molecule has 16 heavy (non-hydrogen) atoms. The molecule has 3 atom stereocenters. The van der Waals surface area contributed by atoms with Crippen molar-refractivity contribution < 1.29 is 0 Å². The van der Waals surface area contributed by atoms with Crippen LogP contribution in [0, 0.1) is 5.92 Å². The van der Waals surface area contributed by atoms with Gasteiger partial charge in [-0.25, -0.2) is 0 Å². The van der Waals surface area contributed by atoms with E-state index in [1.807, 2.05) is 0 Å². The van der Waals surface area contributed by atoms with Gasteiger partial charge in [-0.05, 0) is 50.2 Å². The van der Waals surface area contributed by atoms with E-state index in [-0.39, 0.29) is 0 Å². The number of hydrogen-bond acceptors (Lipinski definition) is 2. The summed E-state index contributed by atoms with van der Waals surface area (Å²) in [7, 11) is 0. The van der Waals surface area contributed by atoms with Crippen molar-refractivity contribution in [1.29, 1.82) is 0 Å². The van der Waals surface area contributed by atoms with E-state index >= 15 is 0 Å². The van der Waals surface area contributed by atoms with Crippen LogP contribution in [0.4, 0.5) is 0 Å². The molecular weight excluding hydrogens is 214 g/mol. The fourth-order valence-corrected chi connectivity index (χ4v) is 4.19. The molecule has 0 aromatic carbocycles. The molecule has 0 saturated heterocycles. The summed E-state index contributed by atoms with van der Waals surface area (Å²) in [4.78, 5) is 0. The summed E-state index contributed by atoms with van der Waals surface area (Å²) in [5.74, 6) is 2.32. The van der Waals surface area contributed by atoms with Crippen molar-refractivity contribution in [1.82, 2.24) is 5.32 Å². The van der Waals surface area contributed by atoms with Gasteiger partial charge in [-0.15, -0.1) is 0 Å². The molecule has 2 saturated carbocycles. The van der Waals surface area contributed by atoms with Gasteiger partial charge in [0.15, 0.2) is 0 Å². The molecule has 0 bridgehead atoms. The van der Waals surface area contributed by atoms with Gasteiger partial charge in [0.05, 0.1) is 0 Å². The summed E-state index contributed by atoms with van der Waals surface area (Å²) in [5, 5.41) is 4.90. The number of nitrogens with one attached hydrogen (secondary N) is 1. The molecule has 94 valence electrons. The van der Waals surface area contributed by atoms with Crippen molar-refractivity contribution >= 4 is 11.8 Å². The van der Waals surface area contributed by atoms with Gasteiger partial charge in [0, 0.05) is 17.3 Å². The molecule has 0 spiro atoms. The molecule has 0 heterocycles. The molecule has 0 radical (unpaired) electrons. The first kappa shape index (κ1) is 12.8. The molecule has 1 N–H and O–H groups in total. The molecule has 0 aliphatic heterocycles. The van der Waals surface area contributed by atoms with Crippen LogP contribution in [0.15, 0.2) is 0 Å². The number of rotatable bonds is 7. The number of thioether (sulfide) groups is 1. The van der Waals surface area contributed by atoms with Crippen molar-refractivity contribution in [3.8, 4) is 0 Å². The summed E-state index contributed by atoms with van der Waals surface area (Å²) in [6.07, 6.45) is 9.99. The summed E-state index contributed by atoms with van der Waals surface area (Å²) in [5.41, 5.74) is 0. The number of hydrogen-bond donors (Lipinski definition) is 1. The van der Waals surface area contributed by atoms with Crippen molar-refractivity contribution in [3.63, 3.8) is 0 Å². The summed E-state index contributed by atoms with van der Waals surface area (Å²) in [6.45, 7) is 4.61. The van der Waals surface area contributed by atoms with E-state index in [0.717, 1.165) is 23.3 Å². The molecule has 3 unspecified atom stereocenters. The van der Waals surface area contributed by atoms with Gasteiger partial charge >= 0.3 is 0 Å². The van der Waals surface area contributed by atoms with Gasteiger partial charge in [0.2, 0.25) is 0 Å². The van der Waals surface area contributed by atoms with Gasteiger partial charge in [-0.1, -0.05) is 20.3 Å². The third kappa shape index (κ3) is 3.66. The van der Waals surface area contributed by atoms with Crippen LogP contribution in [0.3, 0.4) is 0 Å². The van der Waals surface area contributed by atoms with Crippen molar-refractivity contribution in [2.75, 3.05) is 5.75 Å². The maximum Gasteiger partial charge on any atom is 0.00978 e. The van der Waals surface area contributed by atoms with Crippen molar-refractivity contribution in [3.05, 3.63) is 0 Å². The Kier molecular flexibility index (Phi) is 5.02. The second kappa shape index (κ2) is 6.30. The minimum atomic E-state index is 0.834. The first-order chi connectivity index (χ1) is 7.83. The molecule has 2 fully saturated rings. The van der Waals surface area contributed by atoms with Crippen LogP contribution >= 0.6 is 11.8 Å². The summed E-state index contributed by atoms with van der Waals surface area (Å²) < 4.78 is 0. The van der Waals surface area contributed by atoms with Crippen LogP contribution in [0.1, 0.15) is 58.8 Å². The Morgan fingerprint density at radius 2 is 2.00 bits per heavy atom. The van der Waals surface area contributed by atoms with Crippen LogP contribution in [-0.2, 0) is 0 Å². The second-order valence-corrected chi connectivity index (χ2v) is 7.06. The second-order valence-electron chi connectivity index (χ2n) is 5.49. The topological polar surface area (TPSA) is 12.0 Å². The zero-order valence-electron chi connectivity index (χ0n) is 10.9. The summed E-state index contributed by atoms with van der Waals surface area (Å²) in [6, 6.07) is 1.68. The van der Waals surface area contributed by atoms with E-state index in [9.17, 15) is 0 Å². The van der Waals surface area contributed by atoms with E-state index in [1.54, 1.807) is 0 Å². The van der Waals surface area contributed by atoms with Gasteiger partial charge in [-0.2, -0.15) is 11.8 Å². The normalized spacial score (nSPS) is 31.9. The predicted molar refractivity (Wildman–Crippen MR) is 74.1 cm³/mol. The first-order valence-electron chi connectivity index (χ1n) is 7.21. The minimum absolute atomic E-state index is 0.834. The highest BCUT2D eigenvalue weighted by molar-refractivity contribution is 7.99. The van der Waals surface area contributed by atoms with Crippen molar-refractivity contribution in [2.24, 2.45) is 5.92 Å². The van der Waals surface area contributed by atoms with Crippen LogP contribution in [0.25, 0.3) is 0 Å². The Morgan fingerprint density at radius 3 is 2.62 bits per heavy atom. The third-order valence-corrected chi connectivity index (χ3v) is 5.26. The molecule has 2 rings (SSSR count). The van der Waals surface area contributed by atoms with E-state index < -0.39 is 0 Å². The van der Waals surface area contributed by atoms with Crippen LogP contribution < -0.4 is 5.32 Å².